The number of nitrogens with one attached hydrogen (secondary N) is 3. The maximum absolute atomic E-state index is 12.7. The molecule has 3 N–H and O–H groups in total. The number of unbranched alkanes of at least 4 members (excludes halogenated alkanes) is 1. The second-order valence-electron chi connectivity index (χ2n) is 7.05. The van der Waals surface area contributed by atoms with E-state index in [9.17, 15) is 4.79 Å². The van der Waals surface area contributed by atoms with Crippen molar-refractivity contribution < 1.29 is 9.53 Å². The molecule has 0 aromatic heterocycles. The Morgan fingerprint density at radius 2 is 1.93 bits per heavy atom. The molecule has 2 unspecified atom stereocenters. The SMILES string of the molecule is CCCCOc1ccc(C2NNCC2C(=O)NCCc2ccc(Cl)cc2)cc1. The highest BCUT2D eigenvalue weighted by Crippen LogP contribution is 2.26. The second kappa shape index (κ2) is 10.5. The highest BCUT2D eigenvalue weighted by molar-refractivity contribution is 6.30. The third-order valence-electron chi connectivity index (χ3n) is 4.95. The van der Waals surface area contributed by atoms with E-state index in [0.29, 0.717) is 13.1 Å². The van der Waals surface area contributed by atoms with E-state index in [2.05, 4.69) is 23.1 Å². The van der Waals surface area contributed by atoms with E-state index in [1.807, 2.05) is 48.5 Å². The van der Waals surface area contributed by atoms with Gasteiger partial charge in [-0.1, -0.05) is 49.2 Å². The zero-order valence-corrected chi connectivity index (χ0v) is 17.0. The van der Waals surface area contributed by atoms with Gasteiger partial charge in [-0.2, -0.15) is 0 Å². The van der Waals surface area contributed by atoms with Crippen molar-refractivity contribution in [1.29, 1.82) is 0 Å². The van der Waals surface area contributed by atoms with E-state index in [-0.39, 0.29) is 17.9 Å². The number of hydrogen-bond donors (Lipinski definition) is 3. The van der Waals surface area contributed by atoms with E-state index in [1.54, 1.807) is 0 Å². The first-order valence-corrected chi connectivity index (χ1v) is 10.3. The van der Waals surface area contributed by atoms with Crippen molar-refractivity contribution in [2.45, 2.75) is 32.2 Å². The number of halogens is 1. The molecule has 3 rings (SSSR count). The molecule has 0 saturated carbocycles. The molecule has 0 radical (unpaired) electrons. The summed E-state index contributed by atoms with van der Waals surface area (Å²) in [7, 11) is 0. The van der Waals surface area contributed by atoms with Crippen molar-refractivity contribution in [3.63, 3.8) is 0 Å². The lowest BCUT2D eigenvalue weighted by molar-refractivity contribution is -0.124. The van der Waals surface area contributed by atoms with Crippen molar-refractivity contribution in [2.75, 3.05) is 19.7 Å². The maximum Gasteiger partial charge on any atom is 0.226 e. The molecule has 1 fully saturated rings. The molecule has 5 nitrogen and oxygen atoms in total. The van der Waals surface area contributed by atoms with Crippen LogP contribution < -0.4 is 20.9 Å². The summed E-state index contributed by atoms with van der Waals surface area (Å²) in [6.45, 7) is 4.09. The number of hydrazine groups is 1. The molecule has 150 valence electrons. The van der Waals surface area contributed by atoms with Gasteiger partial charge in [-0.15, -0.1) is 0 Å². The van der Waals surface area contributed by atoms with E-state index in [4.69, 9.17) is 16.3 Å². The summed E-state index contributed by atoms with van der Waals surface area (Å²) in [5, 5.41) is 3.78. The second-order valence-corrected chi connectivity index (χ2v) is 7.48. The fourth-order valence-corrected chi connectivity index (χ4v) is 3.40. The van der Waals surface area contributed by atoms with Crippen LogP contribution in [0.25, 0.3) is 0 Å². The third kappa shape index (κ3) is 5.71. The van der Waals surface area contributed by atoms with Gasteiger partial charge in [0.25, 0.3) is 0 Å². The number of amides is 1. The van der Waals surface area contributed by atoms with Crippen LogP contribution >= 0.6 is 11.6 Å². The predicted molar refractivity (Wildman–Crippen MR) is 112 cm³/mol. The molecule has 1 aliphatic rings. The van der Waals surface area contributed by atoms with E-state index in [1.165, 1.54) is 0 Å². The van der Waals surface area contributed by atoms with Gasteiger partial charge in [-0.25, -0.2) is 5.43 Å². The van der Waals surface area contributed by atoms with Crippen LogP contribution in [0.3, 0.4) is 0 Å². The molecule has 2 aromatic carbocycles. The smallest absolute Gasteiger partial charge is 0.226 e. The highest BCUT2D eigenvalue weighted by atomic mass is 35.5. The largest absolute Gasteiger partial charge is 0.494 e. The normalized spacial score (nSPS) is 18.8. The highest BCUT2D eigenvalue weighted by Gasteiger charge is 2.33. The number of ether oxygens (including phenoxy) is 1. The van der Waals surface area contributed by atoms with Gasteiger partial charge in [0.15, 0.2) is 0 Å². The van der Waals surface area contributed by atoms with Crippen LogP contribution in [0.4, 0.5) is 0 Å². The third-order valence-corrected chi connectivity index (χ3v) is 5.20. The summed E-state index contributed by atoms with van der Waals surface area (Å²) in [5.41, 5.74) is 8.57. The minimum Gasteiger partial charge on any atom is -0.494 e. The Bertz CT molecular complexity index is 749. The topological polar surface area (TPSA) is 62.4 Å². The van der Waals surface area contributed by atoms with Crippen LogP contribution in [0.5, 0.6) is 5.75 Å². The monoisotopic (exact) mass is 401 g/mol. The number of hydrogen-bond acceptors (Lipinski definition) is 4. The van der Waals surface area contributed by atoms with Gasteiger partial charge in [0.05, 0.1) is 18.6 Å². The fourth-order valence-electron chi connectivity index (χ4n) is 3.27. The Labute approximate surface area is 171 Å². The van der Waals surface area contributed by atoms with E-state index >= 15 is 0 Å². The van der Waals surface area contributed by atoms with Gasteiger partial charge in [-0.3, -0.25) is 10.2 Å². The van der Waals surface area contributed by atoms with Gasteiger partial charge < -0.3 is 10.1 Å². The van der Waals surface area contributed by atoms with Crippen LogP contribution in [-0.2, 0) is 11.2 Å². The van der Waals surface area contributed by atoms with Crippen molar-refractivity contribution in [3.8, 4) is 5.75 Å². The molecule has 0 bridgehead atoms. The first kappa shape index (κ1) is 20.6. The molecule has 1 amide bonds. The Kier molecular flexibility index (Phi) is 7.71. The maximum atomic E-state index is 12.7. The zero-order valence-electron chi connectivity index (χ0n) is 16.2. The molecule has 1 saturated heterocycles. The van der Waals surface area contributed by atoms with Crippen LogP contribution in [-0.4, -0.2) is 25.6 Å². The molecule has 2 atom stereocenters. The van der Waals surface area contributed by atoms with Gasteiger partial charge >= 0.3 is 0 Å². The number of carbonyl (C=O) groups is 1. The van der Waals surface area contributed by atoms with Gasteiger partial charge in [-0.05, 0) is 48.2 Å². The van der Waals surface area contributed by atoms with Crippen molar-refractivity contribution in [1.82, 2.24) is 16.2 Å². The molecule has 28 heavy (non-hydrogen) atoms. The standard InChI is InChI=1S/C22H28ClN3O2/c1-2-3-14-28-19-10-6-17(7-11-19)21-20(15-25-26-21)22(27)24-13-12-16-4-8-18(23)9-5-16/h4-11,20-21,25-26H,2-3,12-15H2,1H3,(H,24,27). The summed E-state index contributed by atoms with van der Waals surface area (Å²) in [6, 6.07) is 15.7. The average molecular weight is 402 g/mol. The Morgan fingerprint density at radius 3 is 2.64 bits per heavy atom. The predicted octanol–water partition coefficient (Wildman–Crippen LogP) is 3.64. The van der Waals surface area contributed by atoms with Gasteiger partial charge in [0, 0.05) is 18.1 Å². The average Bonchev–Trinajstić information content (AvgIpc) is 3.20. The molecule has 6 heteroatoms. The van der Waals surface area contributed by atoms with Crippen molar-refractivity contribution in [3.05, 3.63) is 64.7 Å². The summed E-state index contributed by atoms with van der Waals surface area (Å²) in [6.07, 6.45) is 2.95. The molecule has 1 aliphatic heterocycles. The molecule has 2 aromatic rings. The molecule has 1 heterocycles. The first-order valence-electron chi connectivity index (χ1n) is 9.90. The number of benzene rings is 2. The lowest BCUT2D eigenvalue weighted by Crippen LogP contribution is -2.36. The van der Waals surface area contributed by atoms with Gasteiger partial charge in [0.1, 0.15) is 5.75 Å². The minimum atomic E-state index is -0.155. The molecule has 0 spiro atoms. The fraction of sp³-hybridized carbons (Fsp3) is 0.409. The molecular weight excluding hydrogens is 374 g/mol. The number of carbonyl (C=O) groups excluding carboxylic acids is 1. The van der Waals surface area contributed by atoms with E-state index < -0.39 is 0 Å². The Hall–Kier alpha value is -2.08. The minimum absolute atomic E-state index is 0.0553. The van der Waals surface area contributed by atoms with Crippen molar-refractivity contribution in [2.24, 2.45) is 5.92 Å². The summed E-state index contributed by atoms with van der Waals surface area (Å²) < 4.78 is 5.72. The van der Waals surface area contributed by atoms with Crippen LogP contribution in [0.1, 0.15) is 36.9 Å². The zero-order chi connectivity index (χ0) is 19.8. The van der Waals surface area contributed by atoms with Crippen LogP contribution in [0.2, 0.25) is 5.02 Å². The summed E-state index contributed by atoms with van der Waals surface area (Å²) in [5.74, 6) is 0.768. The quantitative estimate of drug-likeness (QED) is 0.561. The van der Waals surface area contributed by atoms with Crippen LogP contribution in [0, 0.1) is 5.92 Å². The summed E-state index contributed by atoms with van der Waals surface area (Å²) in [4.78, 5) is 12.7. The number of rotatable bonds is 9. The Balaban J connectivity index is 1.51. The van der Waals surface area contributed by atoms with Crippen molar-refractivity contribution >= 4 is 17.5 Å². The lowest BCUT2D eigenvalue weighted by atomic mass is 9.94. The van der Waals surface area contributed by atoms with E-state index in [0.717, 1.165) is 47.8 Å². The van der Waals surface area contributed by atoms with Gasteiger partial charge in [0.2, 0.25) is 5.91 Å². The summed E-state index contributed by atoms with van der Waals surface area (Å²) >= 11 is 5.91. The Morgan fingerprint density at radius 1 is 1.18 bits per heavy atom. The lowest BCUT2D eigenvalue weighted by Gasteiger charge is -2.19. The first-order chi connectivity index (χ1) is 13.7. The van der Waals surface area contributed by atoms with Crippen LogP contribution in [0.15, 0.2) is 48.5 Å². The molecular formula is C22H28ClN3O2. The molecule has 0 aliphatic carbocycles.